The van der Waals surface area contributed by atoms with E-state index in [0.29, 0.717) is 13.2 Å². The summed E-state index contributed by atoms with van der Waals surface area (Å²) < 4.78 is 5.08. The molecular formula is C11H14N2OS. The number of hydrogen-bond acceptors (Lipinski definition) is 4. The molecule has 1 saturated heterocycles. The fourth-order valence-corrected chi connectivity index (χ4v) is 2.43. The van der Waals surface area contributed by atoms with Crippen molar-refractivity contribution in [2.24, 2.45) is 5.41 Å². The van der Waals surface area contributed by atoms with Crippen molar-refractivity contribution in [3.8, 4) is 6.07 Å². The first-order valence-electron chi connectivity index (χ1n) is 4.98. The molecule has 1 aliphatic rings. The Kier molecular flexibility index (Phi) is 3.06. The summed E-state index contributed by atoms with van der Waals surface area (Å²) in [4.78, 5) is 1.35. The molecule has 0 aromatic carbocycles. The number of rotatable bonds is 4. The first-order chi connectivity index (χ1) is 7.26. The molecule has 0 saturated carbocycles. The summed E-state index contributed by atoms with van der Waals surface area (Å²) in [6, 6.07) is 4.44. The van der Waals surface area contributed by atoms with Gasteiger partial charge in [0.15, 0.2) is 0 Å². The quantitative estimate of drug-likeness (QED) is 0.843. The van der Waals surface area contributed by atoms with Gasteiger partial charge in [-0.25, -0.2) is 0 Å². The second kappa shape index (κ2) is 4.31. The molecule has 0 amide bonds. The molecule has 4 heteroatoms. The molecule has 80 valence electrons. The number of hydrogen-bond donors (Lipinski definition) is 1. The highest BCUT2D eigenvalue weighted by molar-refractivity contribution is 7.10. The molecule has 2 rings (SSSR count). The smallest absolute Gasteiger partial charge is 0.116 e. The van der Waals surface area contributed by atoms with Gasteiger partial charge < -0.3 is 10.1 Å². The maximum absolute atomic E-state index is 8.98. The summed E-state index contributed by atoms with van der Waals surface area (Å²) in [5.74, 6) is 0. The average Bonchev–Trinajstić information content (AvgIpc) is 2.57. The van der Waals surface area contributed by atoms with Crippen molar-refractivity contribution in [2.45, 2.75) is 13.5 Å². The second-order valence-electron chi connectivity index (χ2n) is 4.02. The van der Waals surface area contributed by atoms with Crippen LogP contribution in [0.25, 0.3) is 0 Å². The van der Waals surface area contributed by atoms with E-state index in [2.05, 4.69) is 29.8 Å². The molecule has 15 heavy (non-hydrogen) atoms. The van der Waals surface area contributed by atoms with Gasteiger partial charge in [0.25, 0.3) is 0 Å². The van der Waals surface area contributed by atoms with Crippen LogP contribution in [-0.2, 0) is 11.3 Å². The van der Waals surface area contributed by atoms with E-state index in [0.717, 1.165) is 13.1 Å². The Morgan fingerprint density at radius 1 is 1.67 bits per heavy atom. The van der Waals surface area contributed by atoms with Gasteiger partial charge in [0.05, 0.1) is 19.3 Å². The van der Waals surface area contributed by atoms with Gasteiger partial charge in [-0.3, -0.25) is 0 Å². The van der Waals surface area contributed by atoms with E-state index < -0.39 is 0 Å². The van der Waals surface area contributed by atoms with E-state index in [-0.39, 0.29) is 5.41 Å². The SMILES string of the molecule is Cc1ccsc1CNCC1(C#N)COC1. The Bertz CT molecular complexity index is 376. The van der Waals surface area contributed by atoms with Crippen molar-refractivity contribution < 1.29 is 4.74 Å². The Morgan fingerprint density at radius 3 is 2.93 bits per heavy atom. The van der Waals surface area contributed by atoms with Crippen LogP contribution >= 0.6 is 11.3 Å². The van der Waals surface area contributed by atoms with Gasteiger partial charge >= 0.3 is 0 Å². The van der Waals surface area contributed by atoms with E-state index >= 15 is 0 Å². The summed E-state index contributed by atoms with van der Waals surface area (Å²) in [7, 11) is 0. The van der Waals surface area contributed by atoms with Gasteiger partial charge in [-0.1, -0.05) is 0 Å². The van der Waals surface area contributed by atoms with E-state index in [9.17, 15) is 0 Å². The predicted octanol–water partition coefficient (Wildman–Crippen LogP) is 1.69. The molecule has 0 bridgehead atoms. The lowest BCUT2D eigenvalue weighted by atomic mass is 9.88. The summed E-state index contributed by atoms with van der Waals surface area (Å²) in [6.45, 7) is 4.83. The van der Waals surface area contributed by atoms with Crippen LogP contribution in [0.2, 0.25) is 0 Å². The van der Waals surface area contributed by atoms with Gasteiger partial charge in [0.2, 0.25) is 0 Å². The van der Waals surface area contributed by atoms with Crippen LogP contribution in [0.4, 0.5) is 0 Å². The molecule has 0 unspecified atom stereocenters. The molecule has 0 spiro atoms. The van der Waals surface area contributed by atoms with Crippen LogP contribution in [0.1, 0.15) is 10.4 Å². The first kappa shape index (κ1) is 10.6. The van der Waals surface area contributed by atoms with Gasteiger partial charge in [-0.15, -0.1) is 11.3 Å². The van der Waals surface area contributed by atoms with Crippen LogP contribution in [0.3, 0.4) is 0 Å². The van der Waals surface area contributed by atoms with Crippen LogP contribution in [0.15, 0.2) is 11.4 Å². The Morgan fingerprint density at radius 2 is 2.47 bits per heavy atom. The summed E-state index contributed by atoms with van der Waals surface area (Å²) in [5.41, 5.74) is 1.05. The van der Waals surface area contributed by atoms with Crippen LogP contribution in [0, 0.1) is 23.7 Å². The average molecular weight is 222 g/mol. The number of nitrogens with one attached hydrogen (secondary N) is 1. The fourth-order valence-electron chi connectivity index (χ4n) is 1.56. The lowest BCUT2D eigenvalue weighted by Gasteiger charge is -2.35. The summed E-state index contributed by atoms with van der Waals surface area (Å²) >= 11 is 1.76. The van der Waals surface area contributed by atoms with E-state index in [1.165, 1.54) is 10.4 Å². The molecule has 1 aromatic heterocycles. The van der Waals surface area contributed by atoms with Gasteiger partial charge in [0, 0.05) is 18.0 Å². The highest BCUT2D eigenvalue weighted by Gasteiger charge is 2.38. The number of nitriles is 1. The summed E-state index contributed by atoms with van der Waals surface area (Å²) in [6.07, 6.45) is 0. The van der Waals surface area contributed by atoms with Gasteiger partial charge in [0.1, 0.15) is 5.41 Å². The zero-order valence-electron chi connectivity index (χ0n) is 8.75. The molecule has 1 aliphatic heterocycles. The minimum absolute atomic E-state index is 0.273. The molecule has 3 nitrogen and oxygen atoms in total. The zero-order valence-corrected chi connectivity index (χ0v) is 9.56. The zero-order chi connectivity index (χ0) is 10.7. The Labute approximate surface area is 93.7 Å². The minimum Gasteiger partial charge on any atom is -0.378 e. The second-order valence-corrected chi connectivity index (χ2v) is 5.02. The standard InChI is InChI=1S/C11H14N2OS/c1-9-2-3-15-10(9)4-13-6-11(5-12)7-14-8-11/h2-3,13H,4,6-8H2,1H3. The van der Waals surface area contributed by atoms with Crippen LogP contribution < -0.4 is 5.32 Å². The lowest BCUT2D eigenvalue weighted by molar-refractivity contribution is -0.0755. The largest absolute Gasteiger partial charge is 0.378 e. The number of thiophene rings is 1. The minimum atomic E-state index is -0.273. The third kappa shape index (κ3) is 2.20. The number of ether oxygens (including phenoxy) is 1. The molecular weight excluding hydrogens is 208 g/mol. The normalized spacial score (nSPS) is 18.1. The number of nitrogens with zero attached hydrogens (tertiary/aromatic N) is 1. The third-order valence-electron chi connectivity index (χ3n) is 2.71. The van der Waals surface area contributed by atoms with Crippen LogP contribution in [-0.4, -0.2) is 19.8 Å². The van der Waals surface area contributed by atoms with E-state index in [4.69, 9.17) is 10.00 Å². The van der Waals surface area contributed by atoms with Crippen LogP contribution in [0.5, 0.6) is 0 Å². The van der Waals surface area contributed by atoms with Crippen molar-refractivity contribution in [1.82, 2.24) is 5.32 Å². The lowest BCUT2D eigenvalue weighted by Crippen LogP contribution is -2.48. The predicted molar refractivity (Wildman–Crippen MR) is 59.6 cm³/mol. The molecule has 1 N–H and O–H groups in total. The van der Waals surface area contributed by atoms with Gasteiger partial charge in [-0.05, 0) is 23.9 Å². The summed E-state index contributed by atoms with van der Waals surface area (Å²) in [5, 5.41) is 14.4. The molecule has 1 aromatic rings. The molecule has 1 fully saturated rings. The highest BCUT2D eigenvalue weighted by Crippen LogP contribution is 2.25. The maximum Gasteiger partial charge on any atom is 0.116 e. The monoisotopic (exact) mass is 222 g/mol. The molecule has 0 atom stereocenters. The van der Waals surface area contributed by atoms with Crippen molar-refractivity contribution in [3.63, 3.8) is 0 Å². The van der Waals surface area contributed by atoms with Crippen molar-refractivity contribution in [3.05, 3.63) is 21.9 Å². The third-order valence-corrected chi connectivity index (χ3v) is 3.73. The Hall–Kier alpha value is -0.890. The molecule has 0 radical (unpaired) electrons. The topological polar surface area (TPSA) is 45.0 Å². The fraction of sp³-hybridized carbons (Fsp3) is 0.545. The maximum atomic E-state index is 8.98. The van der Waals surface area contributed by atoms with Gasteiger partial charge in [-0.2, -0.15) is 5.26 Å². The van der Waals surface area contributed by atoms with Crippen molar-refractivity contribution >= 4 is 11.3 Å². The molecule has 2 heterocycles. The number of aryl methyl sites for hydroxylation is 1. The van der Waals surface area contributed by atoms with E-state index in [1.54, 1.807) is 11.3 Å². The van der Waals surface area contributed by atoms with Crippen molar-refractivity contribution in [1.29, 1.82) is 5.26 Å². The molecule has 0 aliphatic carbocycles. The Balaban J connectivity index is 1.80. The van der Waals surface area contributed by atoms with Crippen molar-refractivity contribution in [2.75, 3.05) is 19.8 Å². The highest BCUT2D eigenvalue weighted by atomic mass is 32.1. The first-order valence-corrected chi connectivity index (χ1v) is 5.86. The van der Waals surface area contributed by atoms with E-state index in [1.807, 2.05) is 0 Å².